The van der Waals surface area contributed by atoms with E-state index in [9.17, 15) is 19.3 Å². The molecule has 0 saturated carbocycles. The fraction of sp³-hybridized carbons (Fsp3) is 0.0714. The van der Waals surface area contributed by atoms with E-state index in [2.05, 4.69) is 5.48 Å². The maximum absolute atomic E-state index is 13.4. The van der Waals surface area contributed by atoms with Gasteiger partial charge in [-0.3, -0.25) is 19.7 Å². The molecule has 0 fully saturated rings. The van der Waals surface area contributed by atoms with Gasteiger partial charge in [0.05, 0.1) is 11.5 Å². The lowest BCUT2D eigenvalue weighted by Gasteiger charge is -2.06. The van der Waals surface area contributed by atoms with Crippen molar-refractivity contribution in [3.05, 3.63) is 75.6 Å². The molecule has 2 aromatic rings. The molecule has 7 heteroatoms. The third kappa shape index (κ3) is 3.83. The highest BCUT2D eigenvalue weighted by Crippen LogP contribution is 2.17. The maximum atomic E-state index is 13.4. The van der Waals surface area contributed by atoms with Crippen LogP contribution in [0.1, 0.15) is 15.9 Å². The number of halogens is 1. The second kappa shape index (κ2) is 6.58. The van der Waals surface area contributed by atoms with Crippen molar-refractivity contribution >= 4 is 11.6 Å². The van der Waals surface area contributed by atoms with Crippen LogP contribution in [0.2, 0.25) is 0 Å². The molecular formula is C14H11FN2O4. The Morgan fingerprint density at radius 1 is 1.24 bits per heavy atom. The Morgan fingerprint density at radius 2 is 1.95 bits per heavy atom. The molecule has 0 saturated heterocycles. The Balaban J connectivity index is 1.94. The Morgan fingerprint density at radius 3 is 2.57 bits per heavy atom. The second-order valence-corrected chi connectivity index (χ2v) is 4.13. The number of carbonyl (C=O) groups excluding carboxylic acids is 1. The molecule has 0 aliphatic rings. The first-order chi connectivity index (χ1) is 10.1. The van der Waals surface area contributed by atoms with Gasteiger partial charge in [-0.1, -0.05) is 30.3 Å². The smallest absolute Gasteiger partial charge is 0.269 e. The first-order valence-electron chi connectivity index (χ1n) is 5.98. The Kier molecular flexibility index (Phi) is 4.57. The molecule has 0 heterocycles. The fourth-order valence-electron chi connectivity index (χ4n) is 1.61. The lowest BCUT2D eigenvalue weighted by atomic mass is 10.2. The van der Waals surface area contributed by atoms with Gasteiger partial charge in [-0.05, 0) is 17.7 Å². The van der Waals surface area contributed by atoms with E-state index in [1.807, 2.05) is 30.3 Å². The largest absolute Gasteiger partial charge is 0.304 e. The van der Waals surface area contributed by atoms with Gasteiger partial charge >= 0.3 is 5.69 Å². The van der Waals surface area contributed by atoms with Gasteiger partial charge in [-0.2, -0.15) is 4.39 Å². The van der Waals surface area contributed by atoms with Crippen LogP contribution in [0.3, 0.4) is 0 Å². The molecule has 6 nitrogen and oxygen atoms in total. The minimum absolute atomic E-state index is 0.0637. The number of nitro benzene ring substituents is 1. The number of hydrogen-bond donors (Lipinski definition) is 1. The summed E-state index contributed by atoms with van der Waals surface area (Å²) in [5.74, 6) is -1.75. The number of nitrogens with zero attached hydrogens (tertiary/aromatic N) is 1. The average Bonchev–Trinajstić information content (AvgIpc) is 2.47. The molecular weight excluding hydrogens is 279 g/mol. The summed E-state index contributed by atoms with van der Waals surface area (Å²) in [6.07, 6.45) is 0. The van der Waals surface area contributed by atoms with Crippen LogP contribution in [0.4, 0.5) is 10.1 Å². The summed E-state index contributed by atoms with van der Waals surface area (Å²) in [7, 11) is 0. The average molecular weight is 290 g/mol. The fourth-order valence-corrected chi connectivity index (χ4v) is 1.61. The quantitative estimate of drug-likeness (QED) is 0.678. The van der Waals surface area contributed by atoms with Gasteiger partial charge in [0.15, 0.2) is 0 Å². The summed E-state index contributed by atoms with van der Waals surface area (Å²) in [5.41, 5.74) is 2.25. The van der Waals surface area contributed by atoms with E-state index in [-0.39, 0.29) is 12.2 Å². The normalized spacial score (nSPS) is 10.1. The predicted octanol–water partition coefficient (Wildman–Crippen LogP) is 2.60. The number of hydrogen-bond acceptors (Lipinski definition) is 4. The van der Waals surface area contributed by atoms with E-state index >= 15 is 0 Å². The molecule has 108 valence electrons. The van der Waals surface area contributed by atoms with Crippen LogP contribution in [-0.4, -0.2) is 10.8 Å². The van der Waals surface area contributed by atoms with Gasteiger partial charge in [0.25, 0.3) is 5.91 Å². The molecule has 0 atom stereocenters. The molecule has 1 N–H and O–H groups in total. The summed E-state index contributed by atoms with van der Waals surface area (Å²) in [5, 5.41) is 10.5. The number of nitro groups is 1. The summed E-state index contributed by atoms with van der Waals surface area (Å²) < 4.78 is 13.4. The number of nitrogens with one attached hydrogen (secondary N) is 1. The Hall–Kier alpha value is -2.80. The van der Waals surface area contributed by atoms with E-state index in [0.717, 1.165) is 23.8 Å². The van der Waals surface area contributed by atoms with Gasteiger partial charge in [0, 0.05) is 11.6 Å². The Bertz CT molecular complexity index is 661. The lowest BCUT2D eigenvalue weighted by Crippen LogP contribution is -2.23. The van der Waals surface area contributed by atoms with Crippen molar-refractivity contribution in [3.8, 4) is 0 Å². The third-order valence-corrected chi connectivity index (χ3v) is 2.65. The number of hydroxylamine groups is 1. The van der Waals surface area contributed by atoms with E-state index < -0.39 is 22.3 Å². The van der Waals surface area contributed by atoms with Crippen LogP contribution in [0.5, 0.6) is 0 Å². The number of benzene rings is 2. The molecule has 0 spiro atoms. The van der Waals surface area contributed by atoms with Crippen molar-refractivity contribution in [2.75, 3.05) is 0 Å². The predicted molar refractivity (Wildman–Crippen MR) is 71.8 cm³/mol. The van der Waals surface area contributed by atoms with E-state index in [1.54, 1.807) is 0 Å². The minimum Gasteiger partial charge on any atom is -0.269 e. The molecule has 0 aromatic heterocycles. The number of carbonyl (C=O) groups is 1. The van der Waals surface area contributed by atoms with Crippen molar-refractivity contribution in [1.82, 2.24) is 5.48 Å². The molecule has 0 bridgehead atoms. The number of rotatable bonds is 5. The molecule has 1 amide bonds. The standard InChI is InChI=1S/C14H11FN2O4/c15-12-8-11(6-7-13(12)17(19)20)14(18)16-21-9-10-4-2-1-3-5-10/h1-8H,9H2,(H,16,18). The molecule has 0 aliphatic carbocycles. The third-order valence-electron chi connectivity index (χ3n) is 2.65. The van der Waals surface area contributed by atoms with Crippen LogP contribution in [0, 0.1) is 15.9 Å². The Labute approximate surface area is 119 Å². The van der Waals surface area contributed by atoms with Gasteiger partial charge in [-0.15, -0.1) is 0 Å². The molecule has 21 heavy (non-hydrogen) atoms. The molecule has 2 rings (SSSR count). The van der Waals surface area contributed by atoms with Crippen molar-refractivity contribution in [2.45, 2.75) is 6.61 Å². The van der Waals surface area contributed by atoms with Gasteiger partial charge in [0.2, 0.25) is 5.82 Å². The van der Waals surface area contributed by atoms with Crippen LogP contribution >= 0.6 is 0 Å². The SMILES string of the molecule is O=C(NOCc1ccccc1)c1ccc([N+](=O)[O-])c(F)c1. The summed E-state index contributed by atoms with van der Waals surface area (Å²) in [4.78, 5) is 26.3. The van der Waals surface area contributed by atoms with E-state index in [0.29, 0.717) is 0 Å². The summed E-state index contributed by atoms with van der Waals surface area (Å²) in [6.45, 7) is 0.155. The zero-order valence-electron chi connectivity index (χ0n) is 10.8. The van der Waals surface area contributed by atoms with Crippen LogP contribution in [0.25, 0.3) is 0 Å². The van der Waals surface area contributed by atoms with Gasteiger partial charge in [-0.25, -0.2) is 5.48 Å². The molecule has 0 unspecified atom stereocenters. The van der Waals surface area contributed by atoms with E-state index in [4.69, 9.17) is 4.84 Å². The molecule has 0 aliphatic heterocycles. The summed E-state index contributed by atoms with van der Waals surface area (Å²) >= 11 is 0. The highest BCUT2D eigenvalue weighted by molar-refractivity contribution is 5.93. The van der Waals surface area contributed by atoms with E-state index in [1.165, 1.54) is 0 Å². The van der Waals surface area contributed by atoms with Crippen LogP contribution in [-0.2, 0) is 11.4 Å². The van der Waals surface area contributed by atoms with Crippen molar-refractivity contribution < 1.29 is 18.9 Å². The zero-order chi connectivity index (χ0) is 15.2. The van der Waals surface area contributed by atoms with Crippen molar-refractivity contribution in [2.24, 2.45) is 0 Å². The molecule has 2 aromatic carbocycles. The first kappa shape index (κ1) is 14.6. The highest BCUT2D eigenvalue weighted by atomic mass is 19.1. The van der Waals surface area contributed by atoms with Crippen molar-refractivity contribution in [1.29, 1.82) is 0 Å². The monoisotopic (exact) mass is 290 g/mol. The topological polar surface area (TPSA) is 81.5 Å². The highest BCUT2D eigenvalue weighted by Gasteiger charge is 2.16. The maximum Gasteiger partial charge on any atom is 0.304 e. The minimum atomic E-state index is -1.07. The first-order valence-corrected chi connectivity index (χ1v) is 5.98. The second-order valence-electron chi connectivity index (χ2n) is 4.13. The van der Waals surface area contributed by atoms with Crippen LogP contribution < -0.4 is 5.48 Å². The zero-order valence-corrected chi connectivity index (χ0v) is 10.8. The summed E-state index contributed by atoms with van der Waals surface area (Å²) in [6, 6.07) is 12.0. The molecule has 0 radical (unpaired) electrons. The van der Waals surface area contributed by atoms with Gasteiger partial charge < -0.3 is 0 Å². The van der Waals surface area contributed by atoms with Gasteiger partial charge in [0.1, 0.15) is 0 Å². The number of amides is 1. The van der Waals surface area contributed by atoms with Crippen molar-refractivity contribution in [3.63, 3.8) is 0 Å². The van der Waals surface area contributed by atoms with Crippen LogP contribution in [0.15, 0.2) is 48.5 Å². The lowest BCUT2D eigenvalue weighted by molar-refractivity contribution is -0.387.